The van der Waals surface area contributed by atoms with E-state index in [0.717, 1.165) is 26.3 Å². The van der Waals surface area contributed by atoms with E-state index in [2.05, 4.69) is 4.90 Å². The molecule has 0 saturated heterocycles. The molecule has 0 radical (unpaired) electrons. The van der Waals surface area contributed by atoms with Gasteiger partial charge in [-0.05, 0) is 26.9 Å². The van der Waals surface area contributed by atoms with E-state index in [1.165, 1.54) is 0 Å². The van der Waals surface area contributed by atoms with Gasteiger partial charge < -0.3 is 14.7 Å². The number of carbonyl (C=O) groups is 1. The molecular weight excluding hydrogens is 170 g/mol. The molecule has 0 rings (SSSR count). The van der Waals surface area contributed by atoms with Crippen molar-refractivity contribution in [3.8, 4) is 0 Å². The van der Waals surface area contributed by atoms with Crippen LogP contribution in [-0.2, 0) is 9.53 Å². The fraction of sp³-hybridized carbons (Fsp3) is 0.889. The van der Waals surface area contributed by atoms with Gasteiger partial charge in [0.15, 0.2) is 0 Å². The first-order chi connectivity index (χ1) is 6.16. The van der Waals surface area contributed by atoms with Crippen molar-refractivity contribution in [1.29, 1.82) is 0 Å². The highest BCUT2D eigenvalue weighted by molar-refractivity contribution is 5.66. The van der Waals surface area contributed by atoms with Crippen LogP contribution in [0.15, 0.2) is 0 Å². The lowest BCUT2D eigenvalue weighted by Gasteiger charge is -2.15. The second-order valence-electron chi connectivity index (χ2n) is 3.00. The summed E-state index contributed by atoms with van der Waals surface area (Å²) < 4.78 is 5.17. The molecule has 13 heavy (non-hydrogen) atoms. The minimum Gasteiger partial charge on any atom is -0.481 e. The number of carboxylic acid groups (broad SMARTS) is 1. The Balaban J connectivity index is 3.19. The fourth-order valence-corrected chi connectivity index (χ4v) is 0.977. The first kappa shape index (κ1) is 12.4. The summed E-state index contributed by atoms with van der Waals surface area (Å²) in [6, 6.07) is 0. The van der Waals surface area contributed by atoms with Crippen LogP contribution in [0, 0.1) is 0 Å². The molecule has 78 valence electrons. The zero-order valence-electron chi connectivity index (χ0n) is 8.45. The van der Waals surface area contributed by atoms with Crippen molar-refractivity contribution in [2.45, 2.75) is 19.8 Å². The van der Waals surface area contributed by atoms with Crippen LogP contribution >= 0.6 is 0 Å². The first-order valence-corrected chi connectivity index (χ1v) is 4.65. The lowest BCUT2D eigenvalue weighted by atomic mass is 10.3. The summed E-state index contributed by atoms with van der Waals surface area (Å²) in [5.74, 6) is -0.724. The van der Waals surface area contributed by atoms with E-state index in [-0.39, 0.29) is 6.42 Å². The summed E-state index contributed by atoms with van der Waals surface area (Å²) in [6.07, 6.45) is 0.955. The summed E-state index contributed by atoms with van der Waals surface area (Å²) in [5, 5.41) is 8.40. The summed E-state index contributed by atoms with van der Waals surface area (Å²) >= 11 is 0. The number of nitrogens with zero attached hydrogens (tertiary/aromatic N) is 1. The largest absolute Gasteiger partial charge is 0.481 e. The maximum atomic E-state index is 10.2. The van der Waals surface area contributed by atoms with Crippen LogP contribution in [-0.4, -0.2) is 49.3 Å². The molecule has 4 nitrogen and oxygen atoms in total. The maximum absolute atomic E-state index is 10.2. The number of hydrogen-bond acceptors (Lipinski definition) is 3. The molecule has 1 N–H and O–H groups in total. The second kappa shape index (κ2) is 8.01. The molecule has 0 aromatic carbocycles. The average Bonchev–Trinajstić information content (AvgIpc) is 2.04. The van der Waals surface area contributed by atoms with Gasteiger partial charge >= 0.3 is 5.97 Å². The zero-order chi connectivity index (χ0) is 10.1. The number of rotatable bonds is 8. The van der Waals surface area contributed by atoms with Gasteiger partial charge in [-0.1, -0.05) is 0 Å². The van der Waals surface area contributed by atoms with Gasteiger partial charge in [0.2, 0.25) is 0 Å². The van der Waals surface area contributed by atoms with E-state index in [9.17, 15) is 4.79 Å². The molecule has 0 aromatic heterocycles. The number of hydrogen-bond donors (Lipinski definition) is 1. The Morgan fingerprint density at radius 2 is 2.15 bits per heavy atom. The molecule has 0 unspecified atom stereocenters. The third-order valence-corrected chi connectivity index (χ3v) is 1.75. The third kappa shape index (κ3) is 9.30. The van der Waals surface area contributed by atoms with Crippen LogP contribution in [0.1, 0.15) is 19.8 Å². The van der Waals surface area contributed by atoms with E-state index < -0.39 is 5.97 Å². The molecule has 0 heterocycles. The number of aliphatic carboxylic acids is 1. The number of carboxylic acids is 1. The van der Waals surface area contributed by atoms with Crippen molar-refractivity contribution in [1.82, 2.24) is 4.90 Å². The normalized spacial score (nSPS) is 10.7. The van der Waals surface area contributed by atoms with Gasteiger partial charge in [-0.15, -0.1) is 0 Å². The smallest absolute Gasteiger partial charge is 0.303 e. The van der Waals surface area contributed by atoms with Crippen LogP contribution in [0.3, 0.4) is 0 Å². The van der Waals surface area contributed by atoms with Crippen molar-refractivity contribution >= 4 is 5.97 Å². The number of ether oxygens (including phenoxy) is 1. The van der Waals surface area contributed by atoms with E-state index >= 15 is 0 Å². The lowest BCUT2D eigenvalue weighted by Crippen LogP contribution is -2.24. The van der Waals surface area contributed by atoms with E-state index in [1.54, 1.807) is 0 Å². The Bertz CT molecular complexity index is 139. The minimum absolute atomic E-state index is 0.249. The highest BCUT2D eigenvalue weighted by Gasteiger charge is 2.00. The fourth-order valence-electron chi connectivity index (χ4n) is 0.977. The Morgan fingerprint density at radius 1 is 1.46 bits per heavy atom. The molecule has 4 heteroatoms. The first-order valence-electron chi connectivity index (χ1n) is 4.65. The van der Waals surface area contributed by atoms with Gasteiger partial charge in [-0.2, -0.15) is 0 Å². The van der Waals surface area contributed by atoms with E-state index in [4.69, 9.17) is 9.84 Å². The average molecular weight is 189 g/mol. The zero-order valence-corrected chi connectivity index (χ0v) is 8.45. The molecule has 0 aliphatic heterocycles. The molecule has 0 atom stereocenters. The highest BCUT2D eigenvalue weighted by Crippen LogP contribution is 1.92. The summed E-state index contributed by atoms with van der Waals surface area (Å²) in [5.41, 5.74) is 0. The molecule has 0 spiro atoms. The molecule has 0 aromatic rings. The van der Waals surface area contributed by atoms with Crippen LogP contribution < -0.4 is 0 Å². The van der Waals surface area contributed by atoms with Crippen molar-refractivity contribution in [3.63, 3.8) is 0 Å². The predicted molar refractivity (Wildman–Crippen MR) is 50.9 cm³/mol. The Kier molecular flexibility index (Phi) is 7.63. The van der Waals surface area contributed by atoms with Crippen LogP contribution in [0.2, 0.25) is 0 Å². The lowest BCUT2D eigenvalue weighted by molar-refractivity contribution is -0.137. The Morgan fingerprint density at radius 3 is 2.69 bits per heavy atom. The quantitative estimate of drug-likeness (QED) is 0.574. The Labute approximate surface area is 79.5 Å². The van der Waals surface area contributed by atoms with E-state index in [0.29, 0.717) is 6.42 Å². The molecule has 0 bridgehead atoms. The van der Waals surface area contributed by atoms with Gasteiger partial charge in [0.05, 0.1) is 6.61 Å². The second-order valence-corrected chi connectivity index (χ2v) is 3.00. The summed E-state index contributed by atoms with van der Waals surface area (Å²) in [6.45, 7) is 5.11. The topological polar surface area (TPSA) is 49.8 Å². The maximum Gasteiger partial charge on any atom is 0.303 e. The van der Waals surface area contributed by atoms with Crippen LogP contribution in [0.5, 0.6) is 0 Å². The predicted octanol–water partition coefficient (Wildman–Crippen LogP) is 0.820. The Hall–Kier alpha value is -0.610. The van der Waals surface area contributed by atoms with Crippen LogP contribution in [0.4, 0.5) is 0 Å². The summed E-state index contributed by atoms with van der Waals surface area (Å²) in [4.78, 5) is 12.3. The molecular formula is C9H19NO3. The standard InChI is InChI=1S/C9H19NO3/c1-3-13-8-7-10(2)6-4-5-9(11)12/h3-8H2,1-2H3,(H,11,12). The molecule has 0 aliphatic carbocycles. The molecule has 0 aliphatic rings. The molecule has 0 amide bonds. The van der Waals surface area contributed by atoms with Gasteiger partial charge in [-0.3, -0.25) is 4.79 Å². The van der Waals surface area contributed by atoms with Gasteiger partial charge in [0.1, 0.15) is 0 Å². The molecule has 0 fully saturated rings. The molecule has 0 saturated carbocycles. The van der Waals surface area contributed by atoms with Crippen molar-refractivity contribution in [2.75, 3.05) is 33.4 Å². The van der Waals surface area contributed by atoms with E-state index in [1.807, 2.05) is 14.0 Å². The van der Waals surface area contributed by atoms with Crippen LogP contribution in [0.25, 0.3) is 0 Å². The highest BCUT2D eigenvalue weighted by atomic mass is 16.5. The summed E-state index contributed by atoms with van der Waals surface area (Å²) in [7, 11) is 1.97. The SMILES string of the molecule is CCOCCN(C)CCCC(=O)O. The monoisotopic (exact) mass is 189 g/mol. The number of likely N-dealkylation sites (N-methyl/N-ethyl adjacent to an activating group) is 1. The van der Waals surface area contributed by atoms with Gasteiger partial charge in [0, 0.05) is 19.6 Å². The van der Waals surface area contributed by atoms with Gasteiger partial charge in [-0.25, -0.2) is 0 Å². The van der Waals surface area contributed by atoms with Crippen molar-refractivity contribution in [3.05, 3.63) is 0 Å². The minimum atomic E-state index is -0.724. The van der Waals surface area contributed by atoms with Crippen molar-refractivity contribution in [2.24, 2.45) is 0 Å². The van der Waals surface area contributed by atoms with Gasteiger partial charge in [0.25, 0.3) is 0 Å². The van der Waals surface area contributed by atoms with Crippen molar-refractivity contribution < 1.29 is 14.6 Å². The third-order valence-electron chi connectivity index (χ3n) is 1.75.